The summed E-state index contributed by atoms with van der Waals surface area (Å²) in [7, 11) is 0. The van der Waals surface area contributed by atoms with E-state index in [1.165, 1.54) is 51.4 Å². The van der Waals surface area contributed by atoms with Crippen LogP contribution in [0.2, 0.25) is 0 Å². The van der Waals surface area contributed by atoms with Crippen LogP contribution in [-0.4, -0.2) is 54.1 Å². The van der Waals surface area contributed by atoms with E-state index in [4.69, 9.17) is 18.9 Å². The highest BCUT2D eigenvalue weighted by Crippen LogP contribution is 2.28. The maximum absolute atomic E-state index is 11.0. The molecule has 0 aromatic heterocycles. The average Bonchev–Trinajstić information content (AvgIpc) is 2.96. The first kappa shape index (κ1) is 30.7. The summed E-state index contributed by atoms with van der Waals surface area (Å²) in [5.41, 5.74) is 2.01. The fourth-order valence-corrected chi connectivity index (χ4v) is 4.87. The number of benzene rings is 2. The minimum Gasteiger partial charge on any atom is -0.394 e. The summed E-state index contributed by atoms with van der Waals surface area (Å²) in [6, 6.07) is 19.7. The van der Waals surface area contributed by atoms with Gasteiger partial charge in [0, 0.05) is 6.61 Å². The zero-order valence-electron chi connectivity index (χ0n) is 23.1. The van der Waals surface area contributed by atoms with Gasteiger partial charge in [-0.3, -0.25) is 0 Å². The number of ether oxygens (including phenoxy) is 4. The molecule has 1 aliphatic rings. The molecule has 1 aliphatic heterocycles. The lowest BCUT2D eigenvalue weighted by molar-refractivity contribution is -0.319. The molecule has 2 aromatic carbocycles. The topological polar surface area (TPSA) is 77.4 Å². The number of unbranched alkanes of at least 4 members (excludes halogenated alkanes) is 9. The van der Waals surface area contributed by atoms with Crippen LogP contribution in [0, 0.1) is 0 Å². The summed E-state index contributed by atoms with van der Waals surface area (Å²) < 4.78 is 24.7. The molecule has 0 unspecified atom stereocenters. The first-order valence-electron chi connectivity index (χ1n) is 14.6. The van der Waals surface area contributed by atoms with Gasteiger partial charge in [0.1, 0.15) is 24.4 Å². The third-order valence-corrected chi connectivity index (χ3v) is 7.15. The Bertz CT molecular complexity index is 832. The normalized spacial score (nSPS) is 23.5. The van der Waals surface area contributed by atoms with Crippen LogP contribution in [-0.2, 0) is 32.2 Å². The van der Waals surface area contributed by atoms with E-state index in [2.05, 4.69) is 6.92 Å². The van der Waals surface area contributed by atoms with Gasteiger partial charge in [-0.15, -0.1) is 0 Å². The van der Waals surface area contributed by atoms with Crippen LogP contribution in [0.25, 0.3) is 0 Å². The van der Waals surface area contributed by atoms with Crippen LogP contribution < -0.4 is 0 Å². The third kappa shape index (κ3) is 10.8. The number of aliphatic hydroxyl groups is 2. The quantitative estimate of drug-likeness (QED) is 0.212. The first-order chi connectivity index (χ1) is 18.7. The highest BCUT2D eigenvalue weighted by atomic mass is 16.7. The molecule has 0 bridgehead atoms. The highest BCUT2D eigenvalue weighted by molar-refractivity contribution is 5.14. The van der Waals surface area contributed by atoms with Gasteiger partial charge in [0.2, 0.25) is 0 Å². The predicted molar refractivity (Wildman–Crippen MR) is 150 cm³/mol. The Labute approximate surface area is 229 Å². The highest BCUT2D eigenvalue weighted by Gasteiger charge is 2.47. The number of rotatable bonds is 19. The van der Waals surface area contributed by atoms with Gasteiger partial charge in [0.05, 0.1) is 19.8 Å². The number of hydrogen-bond acceptors (Lipinski definition) is 6. The van der Waals surface area contributed by atoms with Crippen molar-refractivity contribution in [3.63, 3.8) is 0 Å². The molecule has 0 spiro atoms. The zero-order valence-corrected chi connectivity index (χ0v) is 23.1. The fourth-order valence-electron chi connectivity index (χ4n) is 4.87. The van der Waals surface area contributed by atoms with Gasteiger partial charge in [0.15, 0.2) is 6.29 Å². The summed E-state index contributed by atoms with van der Waals surface area (Å²) in [4.78, 5) is 0. The second-order valence-electron chi connectivity index (χ2n) is 10.3. The lowest BCUT2D eigenvalue weighted by Gasteiger charge is -2.43. The predicted octanol–water partition coefficient (Wildman–Crippen LogP) is 6.17. The molecular weight excluding hydrogens is 480 g/mol. The number of hydrogen-bond donors (Lipinski definition) is 2. The van der Waals surface area contributed by atoms with E-state index < -0.39 is 30.7 Å². The van der Waals surface area contributed by atoms with Crippen LogP contribution in [0.3, 0.4) is 0 Å². The van der Waals surface area contributed by atoms with Crippen LogP contribution in [0.5, 0.6) is 0 Å². The summed E-state index contributed by atoms with van der Waals surface area (Å²) in [5.74, 6) is 0. The molecule has 1 fully saturated rings. The molecule has 0 amide bonds. The minimum absolute atomic E-state index is 0.317. The first-order valence-corrected chi connectivity index (χ1v) is 14.6. The molecule has 0 radical (unpaired) electrons. The zero-order chi connectivity index (χ0) is 26.8. The fraction of sp³-hybridized carbons (Fsp3) is 0.625. The van der Waals surface area contributed by atoms with Crippen molar-refractivity contribution in [3.05, 3.63) is 71.8 Å². The van der Waals surface area contributed by atoms with Crippen molar-refractivity contribution in [3.8, 4) is 0 Å². The van der Waals surface area contributed by atoms with E-state index in [0.717, 1.165) is 24.0 Å². The molecule has 2 N–H and O–H groups in total. The van der Waals surface area contributed by atoms with E-state index in [0.29, 0.717) is 19.8 Å². The molecule has 212 valence electrons. The van der Waals surface area contributed by atoms with Gasteiger partial charge in [-0.2, -0.15) is 0 Å². The molecule has 0 aliphatic carbocycles. The van der Waals surface area contributed by atoms with Crippen molar-refractivity contribution >= 4 is 0 Å². The van der Waals surface area contributed by atoms with E-state index in [1.54, 1.807) is 0 Å². The maximum atomic E-state index is 11.0. The minimum atomic E-state index is -1.04. The lowest BCUT2D eigenvalue weighted by atomic mass is 9.98. The van der Waals surface area contributed by atoms with Crippen molar-refractivity contribution in [1.29, 1.82) is 0 Å². The monoisotopic (exact) mass is 528 g/mol. The van der Waals surface area contributed by atoms with Gasteiger partial charge in [-0.1, -0.05) is 125 Å². The Morgan fingerprint density at radius 1 is 0.658 bits per heavy atom. The molecular formula is C32H48O6. The van der Waals surface area contributed by atoms with Crippen molar-refractivity contribution in [2.75, 3.05) is 13.2 Å². The van der Waals surface area contributed by atoms with Crippen molar-refractivity contribution < 1.29 is 29.2 Å². The third-order valence-electron chi connectivity index (χ3n) is 7.15. The van der Waals surface area contributed by atoms with E-state index in [9.17, 15) is 10.2 Å². The molecule has 38 heavy (non-hydrogen) atoms. The Balaban J connectivity index is 1.53. The van der Waals surface area contributed by atoms with Crippen molar-refractivity contribution in [2.24, 2.45) is 0 Å². The second-order valence-corrected chi connectivity index (χ2v) is 10.3. The van der Waals surface area contributed by atoms with Gasteiger partial charge in [-0.25, -0.2) is 0 Å². The summed E-state index contributed by atoms with van der Waals surface area (Å²) in [6.45, 7) is 3.12. The molecule has 0 saturated carbocycles. The maximum Gasteiger partial charge on any atom is 0.186 e. The molecule has 2 aromatic rings. The van der Waals surface area contributed by atoms with Crippen molar-refractivity contribution in [1.82, 2.24) is 0 Å². The molecule has 5 atom stereocenters. The van der Waals surface area contributed by atoms with Crippen LogP contribution in [0.15, 0.2) is 60.7 Å². The van der Waals surface area contributed by atoms with E-state index in [-0.39, 0.29) is 6.61 Å². The van der Waals surface area contributed by atoms with Crippen LogP contribution in [0.1, 0.15) is 82.3 Å². The van der Waals surface area contributed by atoms with Crippen molar-refractivity contribution in [2.45, 2.75) is 115 Å². The Kier molecular flexibility index (Phi) is 14.9. The van der Waals surface area contributed by atoms with Gasteiger partial charge in [0.25, 0.3) is 0 Å². The lowest BCUT2D eigenvalue weighted by Crippen LogP contribution is -2.60. The molecule has 1 saturated heterocycles. The smallest absolute Gasteiger partial charge is 0.186 e. The summed E-state index contributed by atoms with van der Waals surface area (Å²) in [5, 5.41) is 20.9. The SMILES string of the molecule is CCCCCCCCCCCCO[C@@H]1O[C@H](CO)[C@H](O)[C@H](OCc2ccccc2)[C@H]1OCc1ccccc1. The number of aliphatic hydroxyl groups excluding tert-OH is 2. The summed E-state index contributed by atoms with van der Waals surface area (Å²) in [6.07, 6.45) is 8.59. The van der Waals surface area contributed by atoms with Crippen LogP contribution >= 0.6 is 0 Å². The second kappa shape index (κ2) is 18.5. The Hall–Kier alpha value is -1.80. The van der Waals surface area contributed by atoms with Gasteiger partial charge >= 0.3 is 0 Å². The van der Waals surface area contributed by atoms with Gasteiger partial charge < -0.3 is 29.2 Å². The van der Waals surface area contributed by atoms with E-state index in [1.807, 2.05) is 60.7 Å². The van der Waals surface area contributed by atoms with E-state index >= 15 is 0 Å². The Morgan fingerprint density at radius 3 is 1.68 bits per heavy atom. The Morgan fingerprint density at radius 2 is 1.16 bits per heavy atom. The molecule has 6 nitrogen and oxygen atoms in total. The van der Waals surface area contributed by atoms with Crippen LogP contribution in [0.4, 0.5) is 0 Å². The molecule has 1 heterocycles. The van der Waals surface area contributed by atoms with Gasteiger partial charge in [-0.05, 0) is 17.5 Å². The largest absolute Gasteiger partial charge is 0.394 e. The standard InChI is InChI=1S/C32H48O6/c1-2-3-4-5-6-7-8-9-10-17-22-35-32-31(37-25-27-20-15-12-16-21-27)30(29(34)28(23-33)38-32)36-24-26-18-13-11-14-19-26/h11-16,18-21,28-34H,2-10,17,22-25H2,1H3/t28-,29+,30+,31-,32-/m1/s1. The average molecular weight is 529 g/mol. The summed E-state index contributed by atoms with van der Waals surface area (Å²) >= 11 is 0. The molecule has 6 heteroatoms. The molecule has 3 rings (SSSR count).